The number of nitrogens with zero attached hydrogens (tertiary/aromatic N) is 2. The molecule has 0 spiro atoms. The molecule has 1 heterocycles. The van der Waals surface area contributed by atoms with Gasteiger partial charge in [-0.15, -0.1) is 0 Å². The average Bonchev–Trinajstić information content (AvgIpc) is 2.93. The Morgan fingerprint density at radius 2 is 2.09 bits per heavy atom. The van der Waals surface area contributed by atoms with Crippen LogP contribution in [0.4, 0.5) is 4.39 Å². The molecule has 23 heavy (non-hydrogen) atoms. The minimum Gasteiger partial charge on any atom is -0.355 e. The first kappa shape index (κ1) is 15.2. The lowest BCUT2D eigenvalue weighted by Crippen LogP contribution is -2.18. The van der Waals surface area contributed by atoms with E-state index in [-0.39, 0.29) is 17.8 Å². The van der Waals surface area contributed by atoms with Crippen molar-refractivity contribution in [3.63, 3.8) is 0 Å². The Morgan fingerprint density at radius 3 is 2.78 bits per heavy atom. The minimum absolute atomic E-state index is 0.190. The molecular weight excluding hydrogens is 295 g/mol. The second-order valence-electron chi connectivity index (χ2n) is 5.36. The van der Waals surface area contributed by atoms with E-state index in [2.05, 4.69) is 10.3 Å². The molecule has 118 valence electrons. The fraction of sp³-hybridized carbons (Fsp3) is 0.176. The van der Waals surface area contributed by atoms with Crippen molar-refractivity contribution in [1.29, 1.82) is 0 Å². The normalized spacial score (nSPS) is 12.3. The van der Waals surface area contributed by atoms with E-state index in [1.54, 1.807) is 35.9 Å². The van der Waals surface area contributed by atoms with Crippen molar-refractivity contribution < 1.29 is 9.18 Å². The summed E-state index contributed by atoms with van der Waals surface area (Å²) in [6.07, 6.45) is 0. The number of hydrogen-bond acceptors (Lipinski definition) is 3. The molecule has 1 amide bonds. The number of hydrogen-bond donors (Lipinski definition) is 2. The van der Waals surface area contributed by atoms with E-state index in [0.717, 1.165) is 0 Å². The highest BCUT2D eigenvalue weighted by Crippen LogP contribution is 2.25. The number of nitrogens with one attached hydrogen (secondary N) is 1. The zero-order valence-corrected chi connectivity index (χ0v) is 12.9. The number of fused-ring (bicyclic) bond motifs is 1. The lowest BCUT2D eigenvalue weighted by Gasteiger charge is -2.12. The van der Waals surface area contributed by atoms with E-state index in [1.807, 2.05) is 13.0 Å². The fourth-order valence-corrected chi connectivity index (χ4v) is 2.57. The summed E-state index contributed by atoms with van der Waals surface area (Å²) in [5.41, 5.74) is 8.52. The van der Waals surface area contributed by atoms with E-state index in [9.17, 15) is 9.18 Å². The van der Waals surface area contributed by atoms with Crippen LogP contribution in [-0.4, -0.2) is 22.5 Å². The van der Waals surface area contributed by atoms with Gasteiger partial charge in [0.2, 0.25) is 0 Å². The molecule has 2 aromatic carbocycles. The van der Waals surface area contributed by atoms with Crippen LogP contribution in [0.25, 0.3) is 16.7 Å². The summed E-state index contributed by atoms with van der Waals surface area (Å²) in [6.45, 7) is 1.82. The van der Waals surface area contributed by atoms with Crippen LogP contribution in [-0.2, 0) is 0 Å². The van der Waals surface area contributed by atoms with Crippen molar-refractivity contribution in [2.24, 2.45) is 5.73 Å². The summed E-state index contributed by atoms with van der Waals surface area (Å²) < 4.78 is 15.5. The van der Waals surface area contributed by atoms with Gasteiger partial charge in [-0.2, -0.15) is 0 Å². The molecule has 0 saturated heterocycles. The second-order valence-corrected chi connectivity index (χ2v) is 5.36. The molecule has 3 N–H and O–H groups in total. The fourth-order valence-electron chi connectivity index (χ4n) is 2.57. The van der Waals surface area contributed by atoms with Gasteiger partial charge >= 0.3 is 0 Å². The highest BCUT2D eigenvalue weighted by atomic mass is 19.1. The largest absolute Gasteiger partial charge is 0.355 e. The summed E-state index contributed by atoms with van der Waals surface area (Å²) in [5.74, 6) is 0.0711. The monoisotopic (exact) mass is 312 g/mol. The van der Waals surface area contributed by atoms with Gasteiger partial charge in [0.15, 0.2) is 0 Å². The molecule has 0 aliphatic rings. The summed E-state index contributed by atoms with van der Waals surface area (Å²) >= 11 is 0. The van der Waals surface area contributed by atoms with Gasteiger partial charge in [-0.25, -0.2) is 9.37 Å². The van der Waals surface area contributed by atoms with Gasteiger partial charge in [0.05, 0.1) is 17.1 Å². The number of aromatic nitrogens is 2. The van der Waals surface area contributed by atoms with Crippen LogP contribution in [0.5, 0.6) is 0 Å². The zero-order valence-electron chi connectivity index (χ0n) is 12.9. The van der Waals surface area contributed by atoms with Crippen molar-refractivity contribution >= 4 is 16.9 Å². The highest BCUT2D eigenvalue weighted by Gasteiger charge is 2.17. The van der Waals surface area contributed by atoms with Gasteiger partial charge in [-0.1, -0.05) is 6.07 Å². The molecule has 6 heteroatoms. The quantitative estimate of drug-likeness (QED) is 0.780. The minimum atomic E-state index is -0.350. The Bertz CT molecular complexity index is 885. The summed E-state index contributed by atoms with van der Waals surface area (Å²) in [7, 11) is 1.57. The second kappa shape index (κ2) is 5.81. The van der Waals surface area contributed by atoms with Crippen molar-refractivity contribution in [1.82, 2.24) is 14.9 Å². The van der Waals surface area contributed by atoms with Crippen LogP contribution in [0, 0.1) is 5.82 Å². The smallest absolute Gasteiger partial charge is 0.251 e. The molecule has 0 radical (unpaired) electrons. The standard InChI is InChI=1S/C17H17FN4O/c1-10(19)16-21-14-7-6-12(18)9-15(14)22(16)13-5-3-4-11(8-13)17(23)20-2/h3-10H,19H2,1-2H3,(H,20,23). The van der Waals surface area contributed by atoms with Gasteiger partial charge in [-0.05, 0) is 37.3 Å². The first-order chi connectivity index (χ1) is 11.0. The predicted molar refractivity (Wildman–Crippen MR) is 87.0 cm³/mol. The van der Waals surface area contributed by atoms with Crippen LogP contribution >= 0.6 is 0 Å². The summed E-state index contributed by atoms with van der Waals surface area (Å²) in [4.78, 5) is 16.3. The molecule has 1 unspecified atom stereocenters. The summed E-state index contributed by atoms with van der Waals surface area (Å²) in [5, 5.41) is 2.59. The topological polar surface area (TPSA) is 72.9 Å². The number of halogens is 1. The van der Waals surface area contributed by atoms with E-state index in [4.69, 9.17) is 5.73 Å². The van der Waals surface area contributed by atoms with E-state index < -0.39 is 0 Å². The molecule has 0 aliphatic carbocycles. The molecule has 3 aromatic rings. The number of carbonyl (C=O) groups is 1. The third-order valence-electron chi connectivity index (χ3n) is 3.64. The van der Waals surface area contributed by atoms with Crippen molar-refractivity contribution in [3.05, 3.63) is 59.7 Å². The molecule has 0 fully saturated rings. The van der Waals surface area contributed by atoms with Gasteiger partial charge in [0.1, 0.15) is 11.6 Å². The van der Waals surface area contributed by atoms with Gasteiger partial charge in [0.25, 0.3) is 5.91 Å². The van der Waals surface area contributed by atoms with Crippen LogP contribution in [0.1, 0.15) is 29.1 Å². The number of benzene rings is 2. The lowest BCUT2D eigenvalue weighted by atomic mass is 10.1. The number of nitrogens with two attached hydrogens (primary N) is 1. The summed E-state index contributed by atoms with van der Waals surface area (Å²) in [6, 6.07) is 11.1. The third kappa shape index (κ3) is 2.68. The predicted octanol–water partition coefficient (Wildman–Crippen LogP) is 2.54. The lowest BCUT2D eigenvalue weighted by molar-refractivity contribution is 0.0963. The molecule has 1 aromatic heterocycles. The SMILES string of the molecule is CNC(=O)c1cccc(-n2c(C(C)N)nc3ccc(F)cc32)c1. The maximum absolute atomic E-state index is 13.7. The van der Waals surface area contributed by atoms with E-state index in [0.29, 0.717) is 28.1 Å². The van der Waals surface area contributed by atoms with Crippen molar-refractivity contribution in [2.45, 2.75) is 13.0 Å². The van der Waals surface area contributed by atoms with Crippen LogP contribution < -0.4 is 11.1 Å². The number of rotatable bonds is 3. The Morgan fingerprint density at radius 1 is 1.30 bits per heavy atom. The Labute approximate surface area is 132 Å². The first-order valence-corrected chi connectivity index (χ1v) is 7.27. The molecule has 1 atom stereocenters. The number of imidazole rings is 1. The van der Waals surface area contributed by atoms with Crippen LogP contribution in [0.15, 0.2) is 42.5 Å². The zero-order chi connectivity index (χ0) is 16.6. The molecular formula is C17H17FN4O. The molecule has 3 rings (SSSR count). The molecule has 5 nitrogen and oxygen atoms in total. The van der Waals surface area contributed by atoms with Gasteiger partial charge in [-0.3, -0.25) is 9.36 Å². The first-order valence-electron chi connectivity index (χ1n) is 7.27. The molecule has 0 aliphatic heterocycles. The van der Waals surface area contributed by atoms with Crippen molar-refractivity contribution in [3.8, 4) is 5.69 Å². The van der Waals surface area contributed by atoms with Crippen LogP contribution in [0.2, 0.25) is 0 Å². The Balaban J connectivity index is 2.28. The van der Waals surface area contributed by atoms with Gasteiger partial charge < -0.3 is 11.1 Å². The Hall–Kier alpha value is -2.73. The maximum atomic E-state index is 13.7. The maximum Gasteiger partial charge on any atom is 0.251 e. The number of carbonyl (C=O) groups excluding carboxylic acids is 1. The van der Waals surface area contributed by atoms with E-state index >= 15 is 0 Å². The molecule has 0 saturated carbocycles. The van der Waals surface area contributed by atoms with Gasteiger partial charge in [0, 0.05) is 24.4 Å². The Kier molecular flexibility index (Phi) is 3.83. The van der Waals surface area contributed by atoms with Crippen LogP contribution in [0.3, 0.4) is 0 Å². The highest BCUT2D eigenvalue weighted by molar-refractivity contribution is 5.94. The molecule has 0 bridgehead atoms. The van der Waals surface area contributed by atoms with E-state index in [1.165, 1.54) is 12.1 Å². The number of amides is 1. The third-order valence-corrected chi connectivity index (χ3v) is 3.64. The average molecular weight is 312 g/mol. The van der Waals surface area contributed by atoms with Crippen molar-refractivity contribution in [2.75, 3.05) is 7.05 Å².